The normalized spacial score (nSPS) is 16.4. The van der Waals surface area contributed by atoms with Gasteiger partial charge in [-0.2, -0.15) is 14.9 Å². The average Bonchev–Trinajstić information content (AvgIpc) is 2.67. The molecule has 1 amide bonds. The van der Waals surface area contributed by atoms with E-state index in [0.29, 0.717) is 5.92 Å². The van der Waals surface area contributed by atoms with Crippen LogP contribution in [-0.4, -0.2) is 40.2 Å². The SMILES string of the molecule is Cc1nn(N(C(=O)O)C(C)C)c(C)c1CC1CCNCC1. The number of amides is 1. The van der Waals surface area contributed by atoms with Gasteiger partial charge in [-0.25, -0.2) is 4.79 Å². The lowest BCUT2D eigenvalue weighted by Gasteiger charge is -2.25. The maximum absolute atomic E-state index is 11.5. The largest absolute Gasteiger partial charge is 0.464 e. The lowest BCUT2D eigenvalue weighted by Crippen LogP contribution is -2.46. The van der Waals surface area contributed by atoms with E-state index in [9.17, 15) is 9.90 Å². The molecule has 0 radical (unpaired) electrons. The second kappa shape index (κ2) is 6.47. The highest BCUT2D eigenvalue weighted by atomic mass is 16.4. The molecule has 1 saturated heterocycles. The van der Waals surface area contributed by atoms with Crippen molar-refractivity contribution >= 4 is 6.09 Å². The number of nitrogens with one attached hydrogen (secondary N) is 1. The van der Waals surface area contributed by atoms with E-state index in [2.05, 4.69) is 10.4 Å². The first kappa shape index (κ1) is 15.8. The van der Waals surface area contributed by atoms with E-state index in [1.54, 1.807) is 4.79 Å². The van der Waals surface area contributed by atoms with Crippen molar-refractivity contribution in [1.82, 2.24) is 15.2 Å². The predicted molar refractivity (Wildman–Crippen MR) is 82.4 cm³/mol. The van der Waals surface area contributed by atoms with Gasteiger partial charge in [0.05, 0.1) is 17.4 Å². The fourth-order valence-electron chi connectivity index (χ4n) is 3.06. The van der Waals surface area contributed by atoms with Gasteiger partial charge in [0.1, 0.15) is 0 Å². The highest BCUT2D eigenvalue weighted by Crippen LogP contribution is 2.23. The van der Waals surface area contributed by atoms with Crippen molar-refractivity contribution in [1.29, 1.82) is 0 Å². The Kier molecular flexibility index (Phi) is 4.88. The van der Waals surface area contributed by atoms with Crippen LogP contribution in [0.25, 0.3) is 0 Å². The molecule has 0 aromatic carbocycles. The minimum Gasteiger partial charge on any atom is -0.464 e. The van der Waals surface area contributed by atoms with Crippen molar-refractivity contribution in [3.8, 4) is 0 Å². The zero-order valence-corrected chi connectivity index (χ0v) is 13.4. The maximum atomic E-state index is 11.5. The van der Waals surface area contributed by atoms with E-state index in [1.807, 2.05) is 27.7 Å². The Morgan fingerprint density at radius 3 is 2.57 bits per heavy atom. The van der Waals surface area contributed by atoms with Crippen molar-refractivity contribution in [2.75, 3.05) is 18.1 Å². The Balaban J connectivity index is 2.25. The van der Waals surface area contributed by atoms with Gasteiger partial charge in [0, 0.05) is 0 Å². The van der Waals surface area contributed by atoms with Crippen LogP contribution in [0.15, 0.2) is 0 Å². The van der Waals surface area contributed by atoms with Gasteiger partial charge in [0.25, 0.3) is 0 Å². The Bertz CT molecular complexity index is 504. The van der Waals surface area contributed by atoms with E-state index in [1.165, 1.54) is 23.4 Å². The molecular weight excluding hydrogens is 268 g/mol. The third kappa shape index (κ3) is 3.37. The highest BCUT2D eigenvalue weighted by Gasteiger charge is 2.25. The second-order valence-corrected chi connectivity index (χ2v) is 6.16. The minimum atomic E-state index is -0.969. The number of hydrogen-bond donors (Lipinski definition) is 2. The Morgan fingerprint density at radius 1 is 1.43 bits per heavy atom. The van der Waals surface area contributed by atoms with Gasteiger partial charge in [0.15, 0.2) is 0 Å². The third-order valence-electron chi connectivity index (χ3n) is 4.26. The summed E-state index contributed by atoms with van der Waals surface area (Å²) >= 11 is 0. The van der Waals surface area contributed by atoms with Gasteiger partial charge in [-0.15, -0.1) is 0 Å². The number of aromatic nitrogens is 2. The number of rotatable bonds is 4. The Labute approximate surface area is 126 Å². The van der Waals surface area contributed by atoms with Gasteiger partial charge >= 0.3 is 6.09 Å². The van der Waals surface area contributed by atoms with Crippen molar-refractivity contribution in [2.45, 2.75) is 53.0 Å². The smallest absolute Gasteiger partial charge is 0.428 e. The molecule has 6 heteroatoms. The first-order valence-electron chi connectivity index (χ1n) is 7.70. The molecule has 2 rings (SSSR count). The maximum Gasteiger partial charge on any atom is 0.428 e. The molecule has 0 spiro atoms. The molecule has 0 bridgehead atoms. The van der Waals surface area contributed by atoms with Crippen LogP contribution in [0.2, 0.25) is 0 Å². The van der Waals surface area contributed by atoms with Crippen LogP contribution in [0.4, 0.5) is 4.79 Å². The first-order chi connectivity index (χ1) is 9.91. The third-order valence-corrected chi connectivity index (χ3v) is 4.26. The summed E-state index contributed by atoms with van der Waals surface area (Å²) in [6.07, 6.45) is 2.38. The van der Waals surface area contributed by atoms with Crippen LogP contribution < -0.4 is 10.3 Å². The first-order valence-corrected chi connectivity index (χ1v) is 7.70. The molecule has 1 aromatic heterocycles. The van der Waals surface area contributed by atoms with E-state index in [-0.39, 0.29) is 6.04 Å². The predicted octanol–water partition coefficient (Wildman–Crippen LogP) is 2.07. The summed E-state index contributed by atoms with van der Waals surface area (Å²) in [5, 5.41) is 18.5. The molecule has 1 aliphatic rings. The molecule has 0 saturated carbocycles. The Hall–Kier alpha value is -1.56. The van der Waals surface area contributed by atoms with Crippen molar-refractivity contribution in [3.63, 3.8) is 0 Å². The topological polar surface area (TPSA) is 70.4 Å². The zero-order valence-electron chi connectivity index (χ0n) is 13.4. The molecule has 1 aromatic rings. The van der Waals surface area contributed by atoms with Gasteiger partial charge in [-0.3, -0.25) is 0 Å². The summed E-state index contributed by atoms with van der Waals surface area (Å²) in [6.45, 7) is 9.80. The van der Waals surface area contributed by atoms with Crippen LogP contribution in [0.5, 0.6) is 0 Å². The standard InChI is InChI=1S/C15H26N4O2/c1-10(2)18(15(20)21)19-12(4)14(11(3)17-19)9-13-5-7-16-8-6-13/h10,13,16H,5-9H2,1-4H3,(H,20,21). The molecule has 21 heavy (non-hydrogen) atoms. The van der Waals surface area contributed by atoms with Crippen LogP contribution in [0.3, 0.4) is 0 Å². The van der Waals surface area contributed by atoms with Crippen molar-refractivity contribution in [2.24, 2.45) is 5.92 Å². The van der Waals surface area contributed by atoms with Crippen LogP contribution in [-0.2, 0) is 6.42 Å². The molecule has 1 fully saturated rings. The molecule has 6 nitrogen and oxygen atoms in total. The number of nitrogens with zero attached hydrogens (tertiary/aromatic N) is 3. The average molecular weight is 294 g/mol. The monoisotopic (exact) mass is 294 g/mol. The summed E-state index contributed by atoms with van der Waals surface area (Å²) in [4.78, 5) is 13.0. The molecule has 118 valence electrons. The van der Waals surface area contributed by atoms with E-state index in [0.717, 1.165) is 30.9 Å². The van der Waals surface area contributed by atoms with Gasteiger partial charge in [-0.1, -0.05) is 0 Å². The number of carboxylic acid groups (broad SMARTS) is 1. The Morgan fingerprint density at radius 2 is 2.05 bits per heavy atom. The minimum absolute atomic E-state index is 0.146. The van der Waals surface area contributed by atoms with Gasteiger partial charge < -0.3 is 10.4 Å². The summed E-state index contributed by atoms with van der Waals surface area (Å²) in [6, 6.07) is -0.146. The molecule has 0 aliphatic carbocycles. The fourth-order valence-corrected chi connectivity index (χ4v) is 3.06. The molecule has 2 heterocycles. The number of aryl methyl sites for hydroxylation is 1. The summed E-state index contributed by atoms with van der Waals surface area (Å²) in [5.41, 5.74) is 3.09. The van der Waals surface area contributed by atoms with Gasteiger partial charge in [0.2, 0.25) is 0 Å². The fraction of sp³-hybridized carbons (Fsp3) is 0.733. The lowest BCUT2D eigenvalue weighted by molar-refractivity contribution is 0.189. The van der Waals surface area contributed by atoms with Crippen LogP contribution in [0, 0.1) is 19.8 Å². The lowest BCUT2D eigenvalue weighted by atomic mass is 9.90. The molecule has 2 N–H and O–H groups in total. The summed E-state index contributed by atoms with van der Waals surface area (Å²) in [7, 11) is 0. The van der Waals surface area contributed by atoms with Crippen molar-refractivity contribution < 1.29 is 9.90 Å². The number of piperidine rings is 1. The number of carbonyl (C=O) groups is 1. The van der Waals surface area contributed by atoms with E-state index < -0.39 is 6.09 Å². The summed E-state index contributed by atoms with van der Waals surface area (Å²) < 4.78 is 0. The summed E-state index contributed by atoms with van der Waals surface area (Å²) in [5.74, 6) is 0.665. The highest BCUT2D eigenvalue weighted by molar-refractivity contribution is 5.76. The molecule has 1 aliphatic heterocycles. The van der Waals surface area contributed by atoms with E-state index >= 15 is 0 Å². The second-order valence-electron chi connectivity index (χ2n) is 6.16. The van der Waals surface area contributed by atoms with Gasteiger partial charge in [-0.05, 0) is 71.5 Å². The van der Waals surface area contributed by atoms with E-state index in [4.69, 9.17) is 0 Å². The van der Waals surface area contributed by atoms with Crippen LogP contribution >= 0.6 is 0 Å². The molecular formula is C15H26N4O2. The quantitative estimate of drug-likeness (QED) is 0.892. The zero-order chi connectivity index (χ0) is 15.6. The number of hydrogen-bond acceptors (Lipinski definition) is 3. The van der Waals surface area contributed by atoms with Crippen molar-refractivity contribution in [3.05, 3.63) is 17.0 Å². The molecule has 0 unspecified atom stereocenters. The molecule has 0 atom stereocenters. The van der Waals surface area contributed by atoms with Crippen LogP contribution in [0.1, 0.15) is 43.6 Å².